The first-order valence-corrected chi connectivity index (χ1v) is 8.49. The molecule has 0 unspecified atom stereocenters. The van der Waals surface area contributed by atoms with Gasteiger partial charge in [-0.1, -0.05) is 18.5 Å². The van der Waals surface area contributed by atoms with E-state index in [0.717, 1.165) is 0 Å². The largest absolute Gasteiger partial charge is 0.476 e. The van der Waals surface area contributed by atoms with Gasteiger partial charge in [0.15, 0.2) is 12.3 Å². The van der Waals surface area contributed by atoms with Gasteiger partial charge in [0.1, 0.15) is 5.02 Å². The average Bonchev–Trinajstić information content (AvgIpc) is 2.96. The van der Waals surface area contributed by atoms with Gasteiger partial charge in [0, 0.05) is 18.1 Å². The highest BCUT2D eigenvalue weighted by atomic mass is 35.5. The quantitative estimate of drug-likeness (QED) is 0.661. The fraction of sp³-hybridized carbons (Fsp3) is 0.294. The number of carboxylic acids is 1. The van der Waals surface area contributed by atoms with Crippen molar-refractivity contribution >= 4 is 28.5 Å². The van der Waals surface area contributed by atoms with Crippen molar-refractivity contribution in [2.45, 2.75) is 26.1 Å². The van der Waals surface area contributed by atoms with Crippen LogP contribution in [0.5, 0.6) is 5.88 Å². The number of hydrogen-bond acceptors (Lipinski definition) is 5. The molecule has 3 aromatic rings. The Hall–Kier alpha value is -2.88. The van der Waals surface area contributed by atoms with Crippen molar-refractivity contribution in [1.29, 1.82) is 0 Å². The molecule has 3 rings (SSSR count). The number of nitrogens with zero attached hydrogens (tertiary/aromatic N) is 4. The molecule has 0 bridgehead atoms. The highest BCUT2D eigenvalue weighted by Gasteiger charge is 2.29. The molecular formula is C17H14ClF3N4O3. The number of aromatic nitrogens is 4. The molecule has 3 aromatic heterocycles. The summed E-state index contributed by atoms with van der Waals surface area (Å²) in [6.07, 6.45) is -1.30. The summed E-state index contributed by atoms with van der Waals surface area (Å²) in [5.74, 6) is -1.47. The van der Waals surface area contributed by atoms with E-state index in [-0.39, 0.29) is 23.1 Å². The molecule has 11 heteroatoms. The lowest BCUT2D eigenvalue weighted by Crippen LogP contribution is -2.19. The number of hydrogen-bond donors (Lipinski definition) is 1. The van der Waals surface area contributed by atoms with Crippen LogP contribution >= 0.6 is 11.6 Å². The smallest absolute Gasteiger partial charge is 0.422 e. The third-order valence-corrected chi connectivity index (χ3v) is 4.13. The molecule has 1 N–H and O–H groups in total. The second-order valence-corrected chi connectivity index (χ2v) is 6.26. The molecule has 0 radical (unpaired) electrons. The zero-order valence-corrected chi connectivity index (χ0v) is 15.3. The first-order valence-electron chi connectivity index (χ1n) is 8.11. The normalized spacial score (nSPS) is 11.8. The fourth-order valence-electron chi connectivity index (χ4n) is 2.77. The summed E-state index contributed by atoms with van der Waals surface area (Å²) in [6.45, 7) is 0.558. The molecule has 0 amide bonds. The minimum absolute atomic E-state index is 0.0654. The molecule has 0 aromatic carbocycles. The summed E-state index contributed by atoms with van der Waals surface area (Å²) in [5.41, 5.74) is 1.62. The van der Waals surface area contributed by atoms with Crippen LogP contribution < -0.4 is 4.74 Å². The van der Waals surface area contributed by atoms with Crippen molar-refractivity contribution in [2.24, 2.45) is 0 Å². The molecular weight excluding hydrogens is 401 g/mol. The van der Waals surface area contributed by atoms with E-state index in [9.17, 15) is 23.1 Å². The first kappa shape index (κ1) is 19.9. The SMILES string of the molecule is CCc1c2c(C(=O)O)nccc2nn1Cc1cnc(OCC(F)(F)F)c(Cl)c1. The van der Waals surface area contributed by atoms with Crippen molar-refractivity contribution in [3.05, 3.63) is 46.5 Å². The molecule has 0 fully saturated rings. The molecule has 28 heavy (non-hydrogen) atoms. The van der Waals surface area contributed by atoms with Crippen LogP contribution in [-0.4, -0.2) is 43.6 Å². The summed E-state index contributed by atoms with van der Waals surface area (Å²) in [4.78, 5) is 19.2. The molecule has 0 aliphatic carbocycles. The van der Waals surface area contributed by atoms with Gasteiger partial charge in [-0.3, -0.25) is 4.68 Å². The summed E-state index contributed by atoms with van der Waals surface area (Å²) in [7, 11) is 0. The summed E-state index contributed by atoms with van der Waals surface area (Å²) in [6, 6.07) is 3.04. The van der Waals surface area contributed by atoms with E-state index in [1.807, 2.05) is 6.92 Å². The Morgan fingerprint density at radius 2 is 2.11 bits per heavy atom. The summed E-state index contributed by atoms with van der Waals surface area (Å²) in [5, 5.41) is 14.1. The molecule has 0 atom stereocenters. The van der Waals surface area contributed by atoms with E-state index >= 15 is 0 Å². The number of aromatic carboxylic acids is 1. The fourth-order valence-corrected chi connectivity index (χ4v) is 3.02. The van der Waals surface area contributed by atoms with Crippen molar-refractivity contribution in [2.75, 3.05) is 6.61 Å². The van der Waals surface area contributed by atoms with Crippen LogP contribution in [0.3, 0.4) is 0 Å². The summed E-state index contributed by atoms with van der Waals surface area (Å²) < 4.78 is 43.0. The van der Waals surface area contributed by atoms with Gasteiger partial charge < -0.3 is 9.84 Å². The number of pyridine rings is 2. The van der Waals surface area contributed by atoms with Crippen LogP contribution in [0.1, 0.15) is 28.7 Å². The minimum Gasteiger partial charge on any atom is -0.476 e. The lowest BCUT2D eigenvalue weighted by atomic mass is 10.1. The second-order valence-electron chi connectivity index (χ2n) is 5.85. The molecule has 0 spiro atoms. The van der Waals surface area contributed by atoms with Crippen LogP contribution in [0.15, 0.2) is 24.5 Å². The number of alkyl halides is 3. The van der Waals surface area contributed by atoms with Gasteiger partial charge in [-0.25, -0.2) is 14.8 Å². The van der Waals surface area contributed by atoms with E-state index in [1.54, 1.807) is 10.7 Å². The second kappa shape index (κ2) is 7.63. The molecule has 0 saturated carbocycles. The van der Waals surface area contributed by atoms with E-state index in [4.69, 9.17) is 11.6 Å². The third kappa shape index (κ3) is 4.16. The zero-order chi connectivity index (χ0) is 20.5. The number of rotatable bonds is 6. The molecule has 0 aliphatic rings. The Morgan fingerprint density at radius 1 is 1.36 bits per heavy atom. The highest BCUT2D eigenvalue weighted by Crippen LogP contribution is 2.27. The molecule has 0 saturated heterocycles. The first-order chi connectivity index (χ1) is 13.2. The van der Waals surface area contributed by atoms with Crippen LogP contribution in [-0.2, 0) is 13.0 Å². The Bertz CT molecular complexity index is 1040. The maximum atomic E-state index is 12.3. The van der Waals surface area contributed by atoms with E-state index in [1.165, 1.54) is 18.5 Å². The van der Waals surface area contributed by atoms with E-state index in [0.29, 0.717) is 28.6 Å². The Morgan fingerprint density at radius 3 is 2.71 bits per heavy atom. The Labute approximate surface area is 161 Å². The standard InChI is InChI=1S/C17H14ClF3N4O3/c1-2-12-13-11(3-4-22-14(13)16(26)27)24-25(12)7-9-5-10(18)15(23-6-9)28-8-17(19,20)21/h3-6H,2,7-8H2,1H3,(H,26,27). The number of halogens is 4. The lowest BCUT2D eigenvalue weighted by molar-refractivity contribution is -0.154. The summed E-state index contributed by atoms with van der Waals surface area (Å²) >= 11 is 5.97. The highest BCUT2D eigenvalue weighted by molar-refractivity contribution is 6.31. The van der Waals surface area contributed by atoms with Gasteiger partial charge in [0.25, 0.3) is 0 Å². The molecule has 3 heterocycles. The van der Waals surface area contributed by atoms with E-state index < -0.39 is 18.8 Å². The predicted octanol–water partition coefficient (Wildman–Crippen LogP) is 3.73. The predicted molar refractivity (Wildman–Crippen MR) is 93.8 cm³/mol. The topological polar surface area (TPSA) is 90.1 Å². The zero-order valence-electron chi connectivity index (χ0n) is 14.5. The van der Waals surface area contributed by atoms with Crippen molar-refractivity contribution < 1.29 is 27.8 Å². The van der Waals surface area contributed by atoms with Crippen LogP contribution in [0, 0.1) is 0 Å². The lowest BCUT2D eigenvalue weighted by Gasteiger charge is -2.11. The van der Waals surface area contributed by atoms with Crippen molar-refractivity contribution in [1.82, 2.24) is 19.7 Å². The van der Waals surface area contributed by atoms with Crippen molar-refractivity contribution in [3.63, 3.8) is 0 Å². The Kier molecular flexibility index (Phi) is 5.41. The van der Waals surface area contributed by atoms with Gasteiger partial charge in [0.05, 0.1) is 17.4 Å². The number of carboxylic acid groups (broad SMARTS) is 1. The number of ether oxygens (including phenoxy) is 1. The number of carbonyl (C=O) groups is 1. The minimum atomic E-state index is -4.50. The van der Waals surface area contributed by atoms with Gasteiger partial charge >= 0.3 is 12.1 Å². The van der Waals surface area contributed by atoms with Gasteiger partial charge in [-0.15, -0.1) is 0 Å². The maximum absolute atomic E-state index is 12.3. The molecule has 0 aliphatic heterocycles. The van der Waals surface area contributed by atoms with Gasteiger partial charge in [-0.05, 0) is 24.1 Å². The average molecular weight is 415 g/mol. The van der Waals surface area contributed by atoms with Gasteiger partial charge in [-0.2, -0.15) is 18.3 Å². The van der Waals surface area contributed by atoms with Crippen molar-refractivity contribution in [3.8, 4) is 5.88 Å². The molecule has 148 valence electrons. The van der Waals surface area contributed by atoms with Crippen LogP contribution in [0.4, 0.5) is 13.2 Å². The number of fused-ring (bicyclic) bond motifs is 1. The maximum Gasteiger partial charge on any atom is 0.422 e. The molecule has 7 nitrogen and oxygen atoms in total. The van der Waals surface area contributed by atoms with Crippen LogP contribution in [0.25, 0.3) is 10.9 Å². The van der Waals surface area contributed by atoms with Gasteiger partial charge in [0.2, 0.25) is 5.88 Å². The van der Waals surface area contributed by atoms with Crippen LogP contribution in [0.2, 0.25) is 5.02 Å². The Balaban J connectivity index is 1.92. The monoisotopic (exact) mass is 414 g/mol. The van der Waals surface area contributed by atoms with E-state index in [2.05, 4.69) is 19.8 Å². The third-order valence-electron chi connectivity index (χ3n) is 3.86. The number of aryl methyl sites for hydroxylation is 1.